The van der Waals surface area contributed by atoms with E-state index in [1.54, 1.807) is 0 Å². The number of aliphatic hydroxyl groups excluding tert-OH is 2. The van der Waals surface area contributed by atoms with Crippen molar-refractivity contribution in [3.05, 3.63) is 69.1 Å². The van der Waals surface area contributed by atoms with E-state index in [0.717, 1.165) is 86.3 Å². The molecule has 190 valence electrons. The van der Waals surface area contributed by atoms with Crippen LogP contribution in [0.25, 0.3) is 11.0 Å². The third-order valence-corrected chi connectivity index (χ3v) is 8.41. The Labute approximate surface area is 210 Å². The van der Waals surface area contributed by atoms with Crippen molar-refractivity contribution in [3.8, 4) is 0 Å². The quantitative estimate of drug-likeness (QED) is 0.426. The molecule has 1 fully saturated rings. The SMILES string of the molecule is O=c1[nH]c2ccccc2n1C1CCN(CCNC2=N[C@@H]3CCc4cc(CO)c(CO)cc4[C@@H]3C2)CC1. The Morgan fingerprint density at radius 1 is 1.06 bits per heavy atom. The highest BCUT2D eigenvalue weighted by Gasteiger charge is 2.35. The van der Waals surface area contributed by atoms with Crippen molar-refractivity contribution >= 4 is 16.9 Å². The van der Waals surface area contributed by atoms with Gasteiger partial charge in [0, 0.05) is 44.6 Å². The van der Waals surface area contributed by atoms with E-state index in [1.165, 1.54) is 11.1 Å². The Bertz CT molecular complexity index is 1330. The second-order valence-corrected chi connectivity index (χ2v) is 10.4. The van der Waals surface area contributed by atoms with Crippen LogP contribution in [0, 0.1) is 0 Å². The lowest BCUT2D eigenvalue weighted by Gasteiger charge is -2.32. The number of aromatic amines is 1. The standard InChI is InChI=1S/C28H35N5O3/c34-16-19-13-18-5-6-24-23(22(18)14-20(19)17-35)15-27(30-24)29-9-12-32-10-7-21(8-11-32)33-26-4-2-1-3-25(26)31-28(33)36/h1-4,13-14,21,23-24,34-35H,5-12,15-17H2,(H,29,30)(H,31,36)/t23-,24+/m0/s1. The van der Waals surface area contributed by atoms with E-state index in [9.17, 15) is 15.0 Å². The summed E-state index contributed by atoms with van der Waals surface area (Å²) in [5, 5.41) is 23.0. The van der Waals surface area contributed by atoms with Crippen LogP contribution in [-0.2, 0) is 19.6 Å². The largest absolute Gasteiger partial charge is 0.392 e. The molecule has 36 heavy (non-hydrogen) atoms. The number of benzene rings is 2. The van der Waals surface area contributed by atoms with Gasteiger partial charge in [-0.1, -0.05) is 24.3 Å². The maximum Gasteiger partial charge on any atom is 0.326 e. The van der Waals surface area contributed by atoms with Crippen molar-refractivity contribution in [2.45, 2.75) is 63.3 Å². The maximum absolute atomic E-state index is 12.5. The number of aromatic nitrogens is 2. The topological polar surface area (TPSA) is 106 Å². The molecule has 6 rings (SSSR count). The smallest absolute Gasteiger partial charge is 0.326 e. The zero-order valence-corrected chi connectivity index (χ0v) is 20.6. The summed E-state index contributed by atoms with van der Waals surface area (Å²) in [7, 11) is 0. The van der Waals surface area contributed by atoms with Crippen molar-refractivity contribution < 1.29 is 10.2 Å². The van der Waals surface area contributed by atoms with Gasteiger partial charge in [-0.15, -0.1) is 0 Å². The van der Waals surface area contributed by atoms with E-state index in [2.05, 4.69) is 27.3 Å². The van der Waals surface area contributed by atoms with Gasteiger partial charge >= 0.3 is 5.69 Å². The molecular formula is C28H35N5O3. The van der Waals surface area contributed by atoms with Gasteiger partial charge in [-0.2, -0.15) is 0 Å². The lowest BCUT2D eigenvalue weighted by Crippen LogP contribution is -2.41. The van der Waals surface area contributed by atoms with E-state index in [1.807, 2.05) is 28.8 Å². The second kappa shape index (κ2) is 9.84. The number of aryl methyl sites for hydroxylation is 1. The van der Waals surface area contributed by atoms with Gasteiger partial charge < -0.3 is 25.4 Å². The van der Waals surface area contributed by atoms with Crippen LogP contribution in [0.3, 0.4) is 0 Å². The number of H-pyrrole nitrogens is 1. The summed E-state index contributed by atoms with van der Waals surface area (Å²) < 4.78 is 1.95. The van der Waals surface area contributed by atoms with Crippen LogP contribution in [0.4, 0.5) is 0 Å². The Kier molecular flexibility index (Phi) is 6.41. The van der Waals surface area contributed by atoms with Crippen LogP contribution in [0.1, 0.15) is 59.9 Å². The zero-order chi connectivity index (χ0) is 24.6. The molecule has 2 atom stereocenters. The van der Waals surface area contributed by atoms with Crippen LogP contribution in [-0.4, -0.2) is 62.7 Å². The Balaban J connectivity index is 1.02. The third-order valence-electron chi connectivity index (χ3n) is 8.41. The molecule has 8 heteroatoms. The summed E-state index contributed by atoms with van der Waals surface area (Å²) >= 11 is 0. The van der Waals surface area contributed by atoms with E-state index in [4.69, 9.17) is 4.99 Å². The average molecular weight is 490 g/mol. The Morgan fingerprint density at radius 2 is 1.83 bits per heavy atom. The van der Waals surface area contributed by atoms with Crippen molar-refractivity contribution in [1.29, 1.82) is 0 Å². The highest BCUT2D eigenvalue weighted by atomic mass is 16.3. The molecule has 1 aromatic heterocycles. The van der Waals surface area contributed by atoms with Gasteiger partial charge in [0.15, 0.2) is 0 Å². The Hall–Kier alpha value is -2.94. The number of likely N-dealkylation sites (tertiary alicyclic amines) is 1. The lowest BCUT2D eigenvalue weighted by atomic mass is 9.78. The summed E-state index contributed by atoms with van der Waals surface area (Å²) in [5.41, 5.74) is 6.17. The van der Waals surface area contributed by atoms with Gasteiger partial charge in [0.05, 0.1) is 36.1 Å². The minimum atomic E-state index is -0.0435. The van der Waals surface area contributed by atoms with Crippen molar-refractivity contribution in [2.75, 3.05) is 26.2 Å². The summed E-state index contributed by atoms with van der Waals surface area (Å²) in [6, 6.07) is 12.7. The first-order chi connectivity index (χ1) is 17.6. The molecule has 3 aliphatic rings. The van der Waals surface area contributed by atoms with Crippen molar-refractivity contribution in [3.63, 3.8) is 0 Å². The number of rotatable bonds is 6. The molecule has 2 aliphatic heterocycles. The van der Waals surface area contributed by atoms with Crippen LogP contribution < -0.4 is 11.0 Å². The number of nitrogens with one attached hydrogen (secondary N) is 2. The van der Waals surface area contributed by atoms with Gasteiger partial charge in [-0.3, -0.25) is 9.56 Å². The number of hydrogen-bond donors (Lipinski definition) is 4. The summed E-state index contributed by atoms with van der Waals surface area (Å²) in [6.07, 6.45) is 4.87. The van der Waals surface area contributed by atoms with Gasteiger partial charge in [0.25, 0.3) is 0 Å². The number of para-hydroxylation sites is 2. The number of imidazole rings is 1. The molecule has 0 amide bonds. The molecule has 0 spiro atoms. The normalized spacial score (nSPS) is 22.4. The molecule has 2 aromatic carbocycles. The van der Waals surface area contributed by atoms with E-state index in [-0.39, 0.29) is 24.9 Å². The predicted molar refractivity (Wildman–Crippen MR) is 140 cm³/mol. The lowest BCUT2D eigenvalue weighted by molar-refractivity contribution is 0.189. The number of aliphatic hydroxyl groups is 2. The summed E-state index contributed by atoms with van der Waals surface area (Å²) in [5.74, 6) is 1.45. The molecule has 0 bridgehead atoms. The molecule has 0 radical (unpaired) electrons. The molecule has 4 N–H and O–H groups in total. The number of hydrogen-bond acceptors (Lipinski definition) is 6. The first kappa shape index (κ1) is 23.5. The maximum atomic E-state index is 12.5. The Morgan fingerprint density at radius 3 is 2.64 bits per heavy atom. The molecule has 1 saturated heterocycles. The van der Waals surface area contributed by atoms with Gasteiger partial charge in [0.1, 0.15) is 0 Å². The molecule has 3 aromatic rings. The third kappa shape index (κ3) is 4.27. The van der Waals surface area contributed by atoms with E-state index in [0.29, 0.717) is 12.0 Å². The number of fused-ring (bicyclic) bond motifs is 4. The van der Waals surface area contributed by atoms with Crippen LogP contribution in [0.5, 0.6) is 0 Å². The number of piperidine rings is 1. The zero-order valence-electron chi connectivity index (χ0n) is 20.6. The highest BCUT2D eigenvalue weighted by Crippen LogP contribution is 2.41. The van der Waals surface area contributed by atoms with Gasteiger partial charge in [0.2, 0.25) is 0 Å². The van der Waals surface area contributed by atoms with Gasteiger partial charge in [-0.25, -0.2) is 4.79 Å². The molecule has 8 nitrogen and oxygen atoms in total. The number of amidine groups is 1. The van der Waals surface area contributed by atoms with Crippen LogP contribution in [0.15, 0.2) is 46.2 Å². The minimum Gasteiger partial charge on any atom is -0.392 e. The molecule has 0 unspecified atom stereocenters. The fraction of sp³-hybridized carbons (Fsp3) is 0.500. The monoisotopic (exact) mass is 489 g/mol. The first-order valence-electron chi connectivity index (χ1n) is 13.2. The molecule has 1 aliphatic carbocycles. The van der Waals surface area contributed by atoms with Crippen molar-refractivity contribution in [2.24, 2.45) is 4.99 Å². The molecular weight excluding hydrogens is 454 g/mol. The van der Waals surface area contributed by atoms with Gasteiger partial charge in [-0.05, 0) is 60.1 Å². The van der Waals surface area contributed by atoms with E-state index < -0.39 is 0 Å². The molecule has 0 saturated carbocycles. The van der Waals surface area contributed by atoms with E-state index >= 15 is 0 Å². The highest BCUT2D eigenvalue weighted by molar-refractivity contribution is 5.85. The average Bonchev–Trinajstić information content (AvgIpc) is 3.48. The first-order valence-corrected chi connectivity index (χ1v) is 13.2. The summed E-state index contributed by atoms with van der Waals surface area (Å²) in [6.45, 7) is 3.73. The second-order valence-electron chi connectivity index (χ2n) is 10.4. The van der Waals surface area contributed by atoms with Crippen molar-refractivity contribution in [1.82, 2.24) is 19.8 Å². The molecule has 3 heterocycles. The minimum absolute atomic E-state index is 0.00250. The fourth-order valence-electron chi connectivity index (χ4n) is 6.50. The van der Waals surface area contributed by atoms with Crippen LogP contribution in [0.2, 0.25) is 0 Å². The number of nitrogens with zero attached hydrogens (tertiary/aromatic N) is 3. The number of aliphatic imine (C=N–C) groups is 1. The predicted octanol–water partition coefficient (Wildman–Crippen LogP) is 2.44. The fourth-order valence-corrected chi connectivity index (χ4v) is 6.50. The summed E-state index contributed by atoms with van der Waals surface area (Å²) in [4.78, 5) is 23.0. The van der Waals surface area contributed by atoms with Crippen LogP contribution >= 0.6 is 0 Å².